The highest BCUT2D eigenvalue weighted by atomic mass is 14.3. The highest BCUT2D eigenvalue weighted by Crippen LogP contribution is 2.55. The molecule has 0 radical (unpaired) electrons. The van der Waals surface area contributed by atoms with Gasteiger partial charge in [0.2, 0.25) is 0 Å². The van der Waals surface area contributed by atoms with E-state index in [-0.39, 0.29) is 0 Å². The number of fused-ring (bicyclic) bond motifs is 5. The molecule has 0 aliphatic heterocycles. The molecular formula is C42H26. The third-order valence-electron chi connectivity index (χ3n) is 9.01. The fourth-order valence-corrected chi connectivity index (χ4v) is 7.15. The van der Waals surface area contributed by atoms with E-state index in [1.54, 1.807) is 0 Å². The van der Waals surface area contributed by atoms with Crippen LogP contribution in [0.1, 0.15) is 0 Å². The Morgan fingerprint density at radius 1 is 0.262 bits per heavy atom. The molecule has 0 atom stereocenters. The molecule has 8 aromatic rings. The van der Waals surface area contributed by atoms with Crippen molar-refractivity contribution in [1.29, 1.82) is 0 Å². The van der Waals surface area contributed by atoms with Crippen molar-refractivity contribution in [2.75, 3.05) is 0 Å². The van der Waals surface area contributed by atoms with E-state index in [0.717, 1.165) is 0 Å². The van der Waals surface area contributed by atoms with E-state index in [4.69, 9.17) is 0 Å². The Morgan fingerprint density at radius 2 is 0.833 bits per heavy atom. The Labute approximate surface area is 245 Å². The van der Waals surface area contributed by atoms with E-state index in [2.05, 4.69) is 158 Å². The molecule has 1 aliphatic rings. The van der Waals surface area contributed by atoms with Gasteiger partial charge in [0.25, 0.3) is 0 Å². The molecule has 0 spiro atoms. The van der Waals surface area contributed by atoms with Gasteiger partial charge in [-0.25, -0.2) is 0 Å². The molecule has 0 aromatic heterocycles. The molecule has 0 saturated carbocycles. The van der Waals surface area contributed by atoms with Crippen LogP contribution in [0.15, 0.2) is 158 Å². The van der Waals surface area contributed by atoms with Crippen molar-refractivity contribution in [3.63, 3.8) is 0 Å². The lowest BCUT2D eigenvalue weighted by Gasteiger charge is -2.18. The SMILES string of the molecule is c1ccc(-c2ccc(-c3ccc(-c4ccc5ccccc5c4)c4c3-c3cccc5cccc-4c35)c3ccccc23)cc1. The third-order valence-corrected chi connectivity index (χ3v) is 9.01. The fourth-order valence-electron chi connectivity index (χ4n) is 7.15. The van der Waals surface area contributed by atoms with Gasteiger partial charge in [-0.2, -0.15) is 0 Å². The van der Waals surface area contributed by atoms with Gasteiger partial charge in [0.05, 0.1) is 0 Å². The van der Waals surface area contributed by atoms with Gasteiger partial charge in [0.1, 0.15) is 0 Å². The Balaban J connectivity index is 1.36. The molecule has 194 valence electrons. The van der Waals surface area contributed by atoms with Gasteiger partial charge in [-0.1, -0.05) is 152 Å². The van der Waals surface area contributed by atoms with Gasteiger partial charge >= 0.3 is 0 Å². The maximum Gasteiger partial charge on any atom is -0.00137 e. The zero-order chi connectivity index (χ0) is 27.6. The minimum atomic E-state index is 1.24. The summed E-state index contributed by atoms with van der Waals surface area (Å²) in [5.41, 5.74) is 12.9. The lowest BCUT2D eigenvalue weighted by molar-refractivity contribution is 1.61. The number of benzene rings is 8. The van der Waals surface area contributed by atoms with Gasteiger partial charge in [-0.15, -0.1) is 0 Å². The van der Waals surface area contributed by atoms with Crippen LogP contribution in [0.25, 0.3) is 88.0 Å². The molecule has 0 N–H and O–H groups in total. The van der Waals surface area contributed by atoms with Crippen LogP contribution in [0.3, 0.4) is 0 Å². The summed E-state index contributed by atoms with van der Waals surface area (Å²) in [6.07, 6.45) is 0. The summed E-state index contributed by atoms with van der Waals surface area (Å²) in [4.78, 5) is 0. The molecule has 0 amide bonds. The summed E-state index contributed by atoms with van der Waals surface area (Å²) in [6, 6.07) is 58.0. The molecule has 9 rings (SSSR count). The van der Waals surface area contributed by atoms with Crippen LogP contribution in [-0.4, -0.2) is 0 Å². The highest BCUT2D eigenvalue weighted by Gasteiger charge is 2.28. The standard InChI is InChI=1S/C42H26/c1-2-11-28(12-3-1)32-22-24-36(35-17-7-6-16-34(32)35)37-25-23-33(31-21-20-27-10-4-5-13-30(27)26-31)41-38-18-8-14-29-15-9-19-39(40(29)38)42(37)41/h1-26H. The topological polar surface area (TPSA) is 0 Å². The monoisotopic (exact) mass is 530 g/mol. The van der Waals surface area contributed by atoms with Gasteiger partial charge in [-0.05, 0) is 94.0 Å². The Bertz CT molecular complexity index is 2340. The van der Waals surface area contributed by atoms with E-state index in [1.807, 2.05) is 0 Å². The predicted molar refractivity (Wildman–Crippen MR) is 180 cm³/mol. The van der Waals surface area contributed by atoms with Crippen LogP contribution in [0.4, 0.5) is 0 Å². The average molecular weight is 531 g/mol. The molecule has 0 heteroatoms. The normalized spacial score (nSPS) is 11.8. The van der Waals surface area contributed by atoms with Crippen LogP contribution in [0.2, 0.25) is 0 Å². The molecule has 0 heterocycles. The second-order valence-corrected chi connectivity index (χ2v) is 11.3. The second kappa shape index (κ2) is 9.03. The first-order valence-corrected chi connectivity index (χ1v) is 14.6. The molecule has 0 saturated heterocycles. The molecule has 0 fully saturated rings. The van der Waals surface area contributed by atoms with Crippen molar-refractivity contribution in [3.05, 3.63) is 158 Å². The molecule has 0 bridgehead atoms. The molecule has 42 heavy (non-hydrogen) atoms. The van der Waals surface area contributed by atoms with Crippen molar-refractivity contribution in [1.82, 2.24) is 0 Å². The molecule has 0 unspecified atom stereocenters. The quantitative estimate of drug-likeness (QED) is 0.213. The van der Waals surface area contributed by atoms with E-state index in [9.17, 15) is 0 Å². The number of rotatable bonds is 3. The Morgan fingerprint density at radius 3 is 1.62 bits per heavy atom. The predicted octanol–water partition coefficient (Wildman–Crippen LogP) is 11.8. The minimum absolute atomic E-state index is 1.24. The van der Waals surface area contributed by atoms with Crippen molar-refractivity contribution in [2.24, 2.45) is 0 Å². The first-order valence-electron chi connectivity index (χ1n) is 14.6. The number of hydrogen-bond acceptors (Lipinski definition) is 0. The summed E-state index contributed by atoms with van der Waals surface area (Å²) in [5, 5.41) is 7.74. The zero-order valence-corrected chi connectivity index (χ0v) is 23.0. The van der Waals surface area contributed by atoms with Crippen molar-refractivity contribution >= 4 is 32.3 Å². The minimum Gasteiger partial charge on any atom is -0.0622 e. The maximum absolute atomic E-state index is 2.36. The van der Waals surface area contributed by atoms with E-state index >= 15 is 0 Å². The van der Waals surface area contributed by atoms with Crippen LogP contribution >= 0.6 is 0 Å². The van der Waals surface area contributed by atoms with Gasteiger partial charge in [0, 0.05) is 0 Å². The van der Waals surface area contributed by atoms with E-state index in [0.29, 0.717) is 0 Å². The molecule has 0 nitrogen and oxygen atoms in total. The molecule has 1 aliphatic carbocycles. The van der Waals surface area contributed by atoms with Crippen LogP contribution < -0.4 is 0 Å². The molecular weight excluding hydrogens is 504 g/mol. The maximum atomic E-state index is 2.36. The highest BCUT2D eigenvalue weighted by molar-refractivity contribution is 6.22. The summed E-state index contributed by atoms with van der Waals surface area (Å²) >= 11 is 0. The third kappa shape index (κ3) is 3.36. The van der Waals surface area contributed by atoms with Gasteiger partial charge < -0.3 is 0 Å². The smallest absolute Gasteiger partial charge is 0.00137 e. The second-order valence-electron chi connectivity index (χ2n) is 11.3. The van der Waals surface area contributed by atoms with Crippen LogP contribution in [0.5, 0.6) is 0 Å². The lowest BCUT2D eigenvalue weighted by atomic mass is 9.85. The summed E-state index contributed by atoms with van der Waals surface area (Å²) in [6.45, 7) is 0. The zero-order valence-electron chi connectivity index (χ0n) is 23.0. The van der Waals surface area contributed by atoms with Gasteiger partial charge in [-0.3, -0.25) is 0 Å². The van der Waals surface area contributed by atoms with Crippen molar-refractivity contribution < 1.29 is 0 Å². The fraction of sp³-hybridized carbons (Fsp3) is 0. The van der Waals surface area contributed by atoms with Crippen LogP contribution in [0, 0.1) is 0 Å². The Hall–Kier alpha value is -5.46. The molecule has 8 aromatic carbocycles. The number of hydrogen-bond donors (Lipinski definition) is 0. The summed E-state index contributed by atoms with van der Waals surface area (Å²) in [5.74, 6) is 0. The summed E-state index contributed by atoms with van der Waals surface area (Å²) in [7, 11) is 0. The van der Waals surface area contributed by atoms with Crippen molar-refractivity contribution in [3.8, 4) is 55.6 Å². The van der Waals surface area contributed by atoms with Crippen LogP contribution in [-0.2, 0) is 0 Å². The van der Waals surface area contributed by atoms with Gasteiger partial charge in [0.15, 0.2) is 0 Å². The van der Waals surface area contributed by atoms with E-state index in [1.165, 1.54) is 88.0 Å². The lowest BCUT2D eigenvalue weighted by Crippen LogP contribution is -1.92. The summed E-state index contributed by atoms with van der Waals surface area (Å²) < 4.78 is 0. The largest absolute Gasteiger partial charge is 0.0622 e. The van der Waals surface area contributed by atoms with Crippen molar-refractivity contribution in [2.45, 2.75) is 0 Å². The Kier molecular flexibility index (Phi) is 5.00. The first-order chi connectivity index (χ1) is 20.8. The average Bonchev–Trinajstić information content (AvgIpc) is 3.40. The first kappa shape index (κ1) is 23.3. The van der Waals surface area contributed by atoms with E-state index < -0.39 is 0 Å².